The lowest BCUT2D eigenvalue weighted by molar-refractivity contribution is -0.133. The first-order valence-electron chi connectivity index (χ1n) is 6.81. The quantitative estimate of drug-likeness (QED) is 0.763. The minimum Gasteiger partial charge on any atom is -0.353 e. The van der Waals surface area contributed by atoms with Gasteiger partial charge in [-0.15, -0.1) is 0 Å². The first-order chi connectivity index (χ1) is 8.50. The molecule has 0 aliphatic heterocycles. The van der Waals surface area contributed by atoms with E-state index < -0.39 is 10.8 Å². The number of amides is 1. The van der Waals surface area contributed by atoms with Crippen molar-refractivity contribution in [3.05, 3.63) is 0 Å². The van der Waals surface area contributed by atoms with Crippen LogP contribution in [0.4, 0.5) is 0 Å². The molecule has 18 heavy (non-hydrogen) atoms. The Kier molecular flexibility index (Phi) is 6.29. The summed E-state index contributed by atoms with van der Waals surface area (Å²) in [7, 11) is -0.794. The van der Waals surface area contributed by atoms with Crippen LogP contribution in [-0.2, 0) is 15.6 Å². The predicted molar refractivity (Wildman–Crippen MR) is 75.7 cm³/mol. The van der Waals surface area contributed by atoms with Gasteiger partial charge < -0.3 is 11.1 Å². The van der Waals surface area contributed by atoms with Gasteiger partial charge in [0.1, 0.15) is 0 Å². The minimum absolute atomic E-state index is 0.0757. The van der Waals surface area contributed by atoms with Gasteiger partial charge in [-0.1, -0.05) is 19.3 Å². The molecular weight excluding hydrogens is 248 g/mol. The van der Waals surface area contributed by atoms with Gasteiger partial charge in [0.05, 0.1) is 5.41 Å². The molecule has 0 aromatic carbocycles. The molecule has 5 heteroatoms. The third-order valence-corrected chi connectivity index (χ3v) is 4.71. The molecule has 0 aromatic heterocycles. The van der Waals surface area contributed by atoms with Crippen molar-refractivity contribution >= 4 is 16.7 Å². The fourth-order valence-corrected chi connectivity index (χ4v) is 3.23. The Labute approximate surface area is 113 Å². The normalized spacial score (nSPS) is 22.2. The molecule has 1 fully saturated rings. The molecular formula is C13H26N2O2S. The molecule has 0 spiro atoms. The van der Waals surface area contributed by atoms with E-state index in [0.717, 1.165) is 32.1 Å². The zero-order valence-corrected chi connectivity index (χ0v) is 12.4. The molecule has 1 aliphatic rings. The van der Waals surface area contributed by atoms with Crippen LogP contribution in [0.15, 0.2) is 0 Å². The number of hydrogen-bond donors (Lipinski definition) is 2. The molecule has 0 saturated heterocycles. The second kappa shape index (κ2) is 7.24. The summed E-state index contributed by atoms with van der Waals surface area (Å²) in [5.41, 5.74) is 5.48. The van der Waals surface area contributed by atoms with Crippen molar-refractivity contribution in [3.8, 4) is 0 Å². The Morgan fingerprint density at radius 1 is 1.39 bits per heavy atom. The van der Waals surface area contributed by atoms with Crippen LogP contribution < -0.4 is 11.1 Å². The number of carbonyl (C=O) groups is 1. The molecule has 0 radical (unpaired) electrons. The Morgan fingerprint density at radius 3 is 2.50 bits per heavy atom. The summed E-state index contributed by atoms with van der Waals surface area (Å²) in [6.45, 7) is 2.41. The highest BCUT2D eigenvalue weighted by Gasteiger charge is 2.38. The van der Waals surface area contributed by atoms with Gasteiger partial charge in [-0.3, -0.25) is 9.00 Å². The van der Waals surface area contributed by atoms with E-state index in [-0.39, 0.29) is 17.4 Å². The van der Waals surface area contributed by atoms with Gasteiger partial charge in [0.25, 0.3) is 0 Å². The number of hydrogen-bond acceptors (Lipinski definition) is 3. The van der Waals surface area contributed by atoms with E-state index in [1.807, 2.05) is 6.92 Å². The molecule has 106 valence electrons. The van der Waals surface area contributed by atoms with E-state index in [1.54, 1.807) is 6.26 Å². The maximum absolute atomic E-state index is 12.3. The third kappa shape index (κ3) is 4.35. The second-order valence-corrected chi connectivity index (χ2v) is 7.04. The van der Waals surface area contributed by atoms with Crippen LogP contribution in [0.1, 0.15) is 45.4 Å². The SMILES string of the molecule is CC(CCS(C)=O)NC(=O)C1(CN)CCCCC1. The summed E-state index contributed by atoms with van der Waals surface area (Å²) in [5, 5.41) is 3.04. The first-order valence-corrected chi connectivity index (χ1v) is 8.54. The number of rotatable bonds is 6. The van der Waals surface area contributed by atoms with Crippen LogP contribution in [0.25, 0.3) is 0 Å². The molecule has 0 bridgehead atoms. The van der Waals surface area contributed by atoms with Crippen molar-refractivity contribution in [3.63, 3.8) is 0 Å². The van der Waals surface area contributed by atoms with Gasteiger partial charge >= 0.3 is 0 Å². The van der Waals surface area contributed by atoms with Crippen LogP contribution in [0.5, 0.6) is 0 Å². The van der Waals surface area contributed by atoms with Gasteiger partial charge in [0, 0.05) is 35.4 Å². The fraction of sp³-hybridized carbons (Fsp3) is 0.923. The van der Waals surface area contributed by atoms with Crippen LogP contribution >= 0.6 is 0 Å². The van der Waals surface area contributed by atoms with Gasteiger partial charge in [-0.05, 0) is 26.2 Å². The second-order valence-electron chi connectivity index (χ2n) is 5.49. The lowest BCUT2D eigenvalue weighted by atomic mass is 9.73. The predicted octanol–water partition coefficient (Wildman–Crippen LogP) is 1.17. The van der Waals surface area contributed by atoms with Crippen LogP contribution in [0.2, 0.25) is 0 Å². The highest BCUT2D eigenvalue weighted by Crippen LogP contribution is 2.35. The van der Waals surface area contributed by atoms with E-state index in [1.165, 1.54) is 6.42 Å². The van der Waals surface area contributed by atoms with E-state index in [4.69, 9.17) is 5.73 Å². The monoisotopic (exact) mass is 274 g/mol. The van der Waals surface area contributed by atoms with E-state index in [2.05, 4.69) is 5.32 Å². The summed E-state index contributed by atoms with van der Waals surface area (Å²) in [6.07, 6.45) is 7.66. The molecule has 4 nitrogen and oxygen atoms in total. The molecule has 0 heterocycles. The average Bonchev–Trinajstić information content (AvgIpc) is 2.37. The summed E-state index contributed by atoms with van der Waals surface area (Å²) in [4.78, 5) is 12.3. The third-order valence-electron chi connectivity index (χ3n) is 3.90. The number of nitrogens with two attached hydrogens (primary N) is 1. The zero-order chi connectivity index (χ0) is 13.6. The molecule has 3 N–H and O–H groups in total. The van der Waals surface area contributed by atoms with Gasteiger partial charge in [0.2, 0.25) is 5.91 Å². The highest BCUT2D eigenvalue weighted by molar-refractivity contribution is 7.84. The smallest absolute Gasteiger partial charge is 0.227 e. The summed E-state index contributed by atoms with van der Waals surface area (Å²) >= 11 is 0. The van der Waals surface area contributed by atoms with Crippen LogP contribution in [-0.4, -0.2) is 34.7 Å². The molecule has 1 aliphatic carbocycles. The molecule has 2 unspecified atom stereocenters. The Balaban J connectivity index is 2.48. The number of nitrogens with one attached hydrogen (secondary N) is 1. The summed E-state index contributed by atoms with van der Waals surface area (Å²) < 4.78 is 11.0. The fourth-order valence-electron chi connectivity index (χ4n) is 2.54. The van der Waals surface area contributed by atoms with Crippen molar-refractivity contribution in [1.82, 2.24) is 5.32 Å². The maximum atomic E-state index is 12.3. The zero-order valence-electron chi connectivity index (χ0n) is 11.5. The largest absolute Gasteiger partial charge is 0.353 e. The summed E-state index contributed by atoms with van der Waals surface area (Å²) in [6, 6.07) is 0.0757. The molecule has 1 saturated carbocycles. The van der Waals surface area contributed by atoms with Gasteiger partial charge in [-0.2, -0.15) is 0 Å². The highest BCUT2D eigenvalue weighted by atomic mass is 32.2. The minimum atomic E-state index is -0.794. The van der Waals surface area contributed by atoms with Crippen molar-refractivity contribution in [2.45, 2.75) is 51.5 Å². The van der Waals surface area contributed by atoms with E-state index in [0.29, 0.717) is 12.3 Å². The maximum Gasteiger partial charge on any atom is 0.227 e. The average molecular weight is 274 g/mol. The lowest BCUT2D eigenvalue weighted by Crippen LogP contribution is -2.49. The Hall–Kier alpha value is -0.420. The number of carbonyl (C=O) groups excluding carboxylic acids is 1. The van der Waals surface area contributed by atoms with Crippen LogP contribution in [0, 0.1) is 5.41 Å². The Morgan fingerprint density at radius 2 is 2.00 bits per heavy atom. The van der Waals surface area contributed by atoms with Crippen molar-refractivity contribution < 1.29 is 9.00 Å². The molecule has 0 aromatic rings. The van der Waals surface area contributed by atoms with E-state index >= 15 is 0 Å². The molecule has 2 atom stereocenters. The molecule has 1 amide bonds. The standard InChI is InChI=1S/C13H26N2O2S/c1-11(6-9-18(2)17)15-12(16)13(10-14)7-4-3-5-8-13/h11H,3-10,14H2,1-2H3,(H,15,16). The van der Waals surface area contributed by atoms with E-state index in [9.17, 15) is 9.00 Å². The van der Waals surface area contributed by atoms with Crippen molar-refractivity contribution in [1.29, 1.82) is 0 Å². The topological polar surface area (TPSA) is 72.2 Å². The van der Waals surface area contributed by atoms with Crippen LogP contribution in [0.3, 0.4) is 0 Å². The first kappa shape index (κ1) is 15.6. The van der Waals surface area contributed by atoms with Crippen molar-refractivity contribution in [2.75, 3.05) is 18.6 Å². The van der Waals surface area contributed by atoms with Crippen molar-refractivity contribution in [2.24, 2.45) is 11.1 Å². The summed E-state index contributed by atoms with van der Waals surface area (Å²) in [5.74, 6) is 0.732. The molecule has 1 rings (SSSR count). The Bertz CT molecular complexity index is 301. The van der Waals surface area contributed by atoms with Gasteiger partial charge in [0.15, 0.2) is 0 Å². The lowest BCUT2D eigenvalue weighted by Gasteiger charge is -2.35. The van der Waals surface area contributed by atoms with Gasteiger partial charge in [-0.25, -0.2) is 0 Å².